The molecule has 22 heavy (non-hydrogen) atoms. The Morgan fingerprint density at radius 2 is 2.00 bits per heavy atom. The first-order valence-corrected chi connectivity index (χ1v) is 7.19. The van der Waals surface area contributed by atoms with E-state index in [1.165, 1.54) is 0 Å². The van der Waals surface area contributed by atoms with E-state index in [0.29, 0.717) is 0 Å². The van der Waals surface area contributed by atoms with Crippen molar-refractivity contribution in [2.24, 2.45) is 0 Å². The zero-order chi connectivity index (χ0) is 16.5. The molecule has 1 unspecified atom stereocenters. The van der Waals surface area contributed by atoms with Gasteiger partial charge in [0.1, 0.15) is 5.54 Å². The Morgan fingerprint density at radius 1 is 1.32 bits per heavy atom. The number of hydrogen-bond donors (Lipinski definition) is 2. The predicted molar refractivity (Wildman–Crippen MR) is 80.4 cm³/mol. The number of hydrogen-bond acceptors (Lipinski definition) is 3. The SMILES string of the molecule is Cc1ccc(C2(C)NC(=O)N(CCCC(=O)O)C2=O)c(C)c1. The normalized spacial score (nSPS) is 21.1. The van der Waals surface area contributed by atoms with Crippen molar-refractivity contribution in [2.45, 2.75) is 39.2 Å². The van der Waals surface area contributed by atoms with Crippen LogP contribution in [0.5, 0.6) is 0 Å². The van der Waals surface area contributed by atoms with Crippen molar-refractivity contribution in [3.63, 3.8) is 0 Å². The van der Waals surface area contributed by atoms with E-state index in [1.54, 1.807) is 6.92 Å². The summed E-state index contributed by atoms with van der Waals surface area (Å²) >= 11 is 0. The predicted octanol–water partition coefficient (Wildman–Crippen LogP) is 1.94. The van der Waals surface area contributed by atoms with Gasteiger partial charge in [0.2, 0.25) is 0 Å². The summed E-state index contributed by atoms with van der Waals surface area (Å²) in [5, 5.41) is 11.4. The summed E-state index contributed by atoms with van der Waals surface area (Å²) in [5.41, 5.74) is 1.68. The Balaban J connectivity index is 2.23. The summed E-state index contributed by atoms with van der Waals surface area (Å²) in [4.78, 5) is 36.4. The number of benzene rings is 1. The second kappa shape index (κ2) is 5.79. The summed E-state index contributed by atoms with van der Waals surface area (Å²) in [7, 11) is 0. The van der Waals surface area contributed by atoms with Gasteiger partial charge in [0.15, 0.2) is 0 Å². The van der Waals surface area contributed by atoms with Crippen molar-refractivity contribution in [1.29, 1.82) is 0 Å². The van der Waals surface area contributed by atoms with Gasteiger partial charge < -0.3 is 10.4 Å². The van der Waals surface area contributed by atoms with Gasteiger partial charge in [-0.3, -0.25) is 14.5 Å². The molecule has 2 rings (SSSR count). The molecule has 1 atom stereocenters. The molecule has 6 heteroatoms. The molecule has 1 aromatic rings. The summed E-state index contributed by atoms with van der Waals surface area (Å²) in [6, 6.07) is 5.24. The van der Waals surface area contributed by atoms with Crippen molar-refractivity contribution in [3.8, 4) is 0 Å². The minimum absolute atomic E-state index is 0.0721. The van der Waals surface area contributed by atoms with Crippen LogP contribution >= 0.6 is 0 Å². The van der Waals surface area contributed by atoms with Crippen LogP contribution in [0.3, 0.4) is 0 Å². The molecule has 2 N–H and O–H groups in total. The van der Waals surface area contributed by atoms with Crippen molar-refractivity contribution < 1.29 is 19.5 Å². The Morgan fingerprint density at radius 3 is 2.59 bits per heavy atom. The molecule has 0 aromatic heterocycles. The van der Waals surface area contributed by atoms with Crippen LogP contribution in [0.15, 0.2) is 18.2 Å². The summed E-state index contributed by atoms with van der Waals surface area (Å²) in [6.07, 6.45) is 0.175. The number of rotatable bonds is 5. The van der Waals surface area contributed by atoms with E-state index in [0.717, 1.165) is 21.6 Å². The van der Waals surface area contributed by atoms with Gasteiger partial charge in [0, 0.05) is 13.0 Å². The lowest BCUT2D eigenvalue weighted by molar-refractivity contribution is -0.138. The molecule has 0 saturated carbocycles. The third kappa shape index (κ3) is 2.81. The highest BCUT2D eigenvalue weighted by molar-refractivity contribution is 6.07. The largest absolute Gasteiger partial charge is 0.481 e. The second-order valence-electron chi connectivity index (χ2n) is 5.83. The highest BCUT2D eigenvalue weighted by Gasteiger charge is 2.49. The van der Waals surface area contributed by atoms with Crippen LogP contribution in [0.4, 0.5) is 4.79 Å². The quantitative estimate of drug-likeness (QED) is 0.814. The molecule has 1 fully saturated rings. The van der Waals surface area contributed by atoms with Crippen LogP contribution in [0.1, 0.15) is 36.5 Å². The monoisotopic (exact) mass is 304 g/mol. The lowest BCUT2D eigenvalue weighted by Crippen LogP contribution is -2.41. The van der Waals surface area contributed by atoms with E-state index in [2.05, 4.69) is 5.32 Å². The zero-order valence-corrected chi connectivity index (χ0v) is 13.0. The third-order valence-electron chi connectivity index (χ3n) is 3.97. The van der Waals surface area contributed by atoms with Crippen LogP contribution in [-0.4, -0.2) is 34.5 Å². The number of urea groups is 1. The van der Waals surface area contributed by atoms with Gasteiger partial charge in [-0.25, -0.2) is 4.79 Å². The average molecular weight is 304 g/mol. The fourth-order valence-corrected chi connectivity index (χ4v) is 2.85. The number of carboxylic acids is 1. The standard InChI is InChI=1S/C16H20N2O4/c1-10-6-7-12(11(2)9-10)16(3)14(21)18(15(22)17-16)8-4-5-13(19)20/h6-7,9H,4-5,8H2,1-3H3,(H,17,22)(H,19,20). The number of carboxylic acid groups (broad SMARTS) is 1. The number of nitrogens with one attached hydrogen (secondary N) is 1. The molecule has 118 valence electrons. The van der Waals surface area contributed by atoms with E-state index in [4.69, 9.17) is 5.11 Å². The van der Waals surface area contributed by atoms with E-state index >= 15 is 0 Å². The molecule has 1 aliphatic heterocycles. The van der Waals surface area contributed by atoms with Gasteiger partial charge >= 0.3 is 12.0 Å². The van der Waals surface area contributed by atoms with Gasteiger partial charge in [-0.05, 0) is 38.3 Å². The number of carbonyl (C=O) groups excluding carboxylic acids is 2. The van der Waals surface area contributed by atoms with Crippen LogP contribution in [0, 0.1) is 13.8 Å². The van der Waals surface area contributed by atoms with Crippen LogP contribution in [-0.2, 0) is 15.1 Å². The fourth-order valence-electron chi connectivity index (χ4n) is 2.85. The lowest BCUT2D eigenvalue weighted by Gasteiger charge is -2.24. The number of aryl methyl sites for hydroxylation is 2. The molecule has 0 spiro atoms. The maximum absolute atomic E-state index is 12.6. The number of nitrogens with zero attached hydrogens (tertiary/aromatic N) is 1. The molecule has 1 aromatic carbocycles. The molecule has 6 nitrogen and oxygen atoms in total. The first-order chi connectivity index (χ1) is 10.3. The minimum atomic E-state index is -1.10. The van der Waals surface area contributed by atoms with Crippen molar-refractivity contribution in [1.82, 2.24) is 10.2 Å². The summed E-state index contributed by atoms with van der Waals surface area (Å²) in [6.45, 7) is 5.66. The number of aliphatic carboxylic acids is 1. The number of amides is 3. The first kappa shape index (κ1) is 16.0. The van der Waals surface area contributed by atoms with E-state index in [-0.39, 0.29) is 25.3 Å². The molecule has 0 aliphatic carbocycles. The zero-order valence-electron chi connectivity index (χ0n) is 13.0. The van der Waals surface area contributed by atoms with Crippen molar-refractivity contribution in [2.75, 3.05) is 6.54 Å². The molecule has 3 amide bonds. The van der Waals surface area contributed by atoms with E-state index in [9.17, 15) is 14.4 Å². The molecule has 0 radical (unpaired) electrons. The minimum Gasteiger partial charge on any atom is -0.481 e. The smallest absolute Gasteiger partial charge is 0.325 e. The Labute approximate surface area is 129 Å². The second-order valence-corrected chi connectivity index (χ2v) is 5.83. The van der Waals surface area contributed by atoms with Gasteiger partial charge in [-0.15, -0.1) is 0 Å². The number of imide groups is 1. The van der Waals surface area contributed by atoms with Crippen LogP contribution in [0.25, 0.3) is 0 Å². The fraction of sp³-hybridized carbons (Fsp3) is 0.438. The third-order valence-corrected chi connectivity index (χ3v) is 3.97. The summed E-state index contributed by atoms with van der Waals surface area (Å²) < 4.78 is 0. The maximum Gasteiger partial charge on any atom is 0.325 e. The average Bonchev–Trinajstić information content (AvgIpc) is 2.62. The maximum atomic E-state index is 12.6. The molecule has 0 bridgehead atoms. The van der Waals surface area contributed by atoms with Gasteiger partial charge in [0.05, 0.1) is 0 Å². The Hall–Kier alpha value is -2.37. The molecule has 1 aliphatic rings. The Bertz CT molecular complexity index is 641. The van der Waals surface area contributed by atoms with Gasteiger partial charge in [0.25, 0.3) is 5.91 Å². The molecular weight excluding hydrogens is 284 g/mol. The van der Waals surface area contributed by atoms with E-state index < -0.39 is 17.5 Å². The lowest BCUT2D eigenvalue weighted by atomic mass is 9.87. The summed E-state index contributed by atoms with van der Waals surface area (Å²) in [5.74, 6) is -1.28. The van der Waals surface area contributed by atoms with E-state index in [1.807, 2.05) is 32.0 Å². The van der Waals surface area contributed by atoms with Crippen LogP contribution < -0.4 is 5.32 Å². The van der Waals surface area contributed by atoms with Gasteiger partial charge in [-0.1, -0.05) is 23.8 Å². The number of carbonyl (C=O) groups is 3. The highest BCUT2D eigenvalue weighted by atomic mass is 16.4. The Kier molecular flexibility index (Phi) is 4.21. The molecule has 1 heterocycles. The topological polar surface area (TPSA) is 86.7 Å². The molecule has 1 saturated heterocycles. The van der Waals surface area contributed by atoms with Crippen molar-refractivity contribution >= 4 is 17.9 Å². The van der Waals surface area contributed by atoms with Crippen LogP contribution in [0.2, 0.25) is 0 Å². The first-order valence-electron chi connectivity index (χ1n) is 7.19. The van der Waals surface area contributed by atoms with Gasteiger partial charge in [-0.2, -0.15) is 0 Å². The molecular formula is C16H20N2O4. The highest BCUT2D eigenvalue weighted by Crippen LogP contribution is 2.31. The van der Waals surface area contributed by atoms with Crippen molar-refractivity contribution in [3.05, 3.63) is 34.9 Å².